The van der Waals surface area contributed by atoms with Gasteiger partial charge in [0, 0.05) is 0 Å². The van der Waals surface area contributed by atoms with Crippen molar-refractivity contribution >= 4 is 10.1 Å². The smallest absolute Gasteiger partial charge is 0.306 e. The summed E-state index contributed by atoms with van der Waals surface area (Å²) in [5, 5.41) is 0. The molecule has 0 bridgehead atoms. The Hall–Kier alpha value is -1.03. The third kappa shape index (κ3) is 5.16. The molecular formula is C12H18O3S. The zero-order chi connectivity index (χ0) is 12.4. The van der Waals surface area contributed by atoms with Crippen molar-refractivity contribution in [2.24, 2.45) is 5.41 Å². The van der Waals surface area contributed by atoms with Crippen molar-refractivity contribution in [2.45, 2.75) is 27.2 Å². The molecule has 0 fully saturated rings. The molecule has 0 heterocycles. The van der Waals surface area contributed by atoms with Crippen LogP contribution in [-0.2, 0) is 16.5 Å². The number of rotatable bonds is 3. The van der Waals surface area contributed by atoms with E-state index in [1.54, 1.807) is 12.1 Å². The fraction of sp³-hybridized carbons (Fsp3) is 0.500. The first-order chi connectivity index (χ1) is 7.16. The van der Waals surface area contributed by atoms with E-state index in [2.05, 4.69) is 20.8 Å². The summed E-state index contributed by atoms with van der Waals surface area (Å²) in [7, 11) is -3.44. The van der Waals surface area contributed by atoms with E-state index in [9.17, 15) is 8.42 Å². The van der Waals surface area contributed by atoms with Crippen molar-refractivity contribution in [1.82, 2.24) is 0 Å². The third-order valence-electron chi connectivity index (χ3n) is 1.88. The Kier molecular flexibility index (Phi) is 3.63. The van der Waals surface area contributed by atoms with Crippen LogP contribution in [-0.4, -0.2) is 14.7 Å². The van der Waals surface area contributed by atoms with Gasteiger partial charge < -0.3 is 4.18 Å². The van der Waals surface area contributed by atoms with E-state index in [1.807, 2.05) is 12.1 Å². The maximum Gasteiger partial charge on any atom is 0.306 e. The molecule has 0 radical (unpaired) electrons. The summed E-state index contributed by atoms with van der Waals surface area (Å²) in [4.78, 5) is 0. The normalized spacial score (nSPS) is 12.5. The first kappa shape index (κ1) is 13.0. The second-order valence-electron chi connectivity index (χ2n) is 5.17. The van der Waals surface area contributed by atoms with Crippen molar-refractivity contribution in [1.29, 1.82) is 0 Å². The minimum Gasteiger partial charge on any atom is -0.383 e. The average molecular weight is 242 g/mol. The molecule has 0 N–H and O–H groups in total. The summed E-state index contributed by atoms with van der Waals surface area (Å²) in [6.45, 7) is 6.41. The van der Waals surface area contributed by atoms with Gasteiger partial charge in [-0.25, -0.2) is 0 Å². The molecule has 90 valence electrons. The molecule has 0 aliphatic rings. The molecule has 0 atom stereocenters. The van der Waals surface area contributed by atoms with Crippen molar-refractivity contribution in [3.63, 3.8) is 0 Å². The summed E-state index contributed by atoms with van der Waals surface area (Å²) in [5.41, 5.74) is 1.25. The molecule has 0 saturated heterocycles. The van der Waals surface area contributed by atoms with E-state index in [1.165, 1.54) is 0 Å². The highest BCUT2D eigenvalue weighted by Gasteiger charge is 2.12. The Morgan fingerprint density at radius 3 is 2.38 bits per heavy atom. The third-order valence-corrected chi connectivity index (χ3v) is 2.38. The Morgan fingerprint density at radius 2 is 1.88 bits per heavy atom. The second kappa shape index (κ2) is 4.45. The van der Waals surface area contributed by atoms with Gasteiger partial charge in [-0.3, -0.25) is 0 Å². The van der Waals surface area contributed by atoms with E-state index < -0.39 is 10.1 Å². The monoisotopic (exact) mass is 242 g/mol. The lowest BCUT2D eigenvalue weighted by atomic mass is 9.88. The fourth-order valence-electron chi connectivity index (χ4n) is 1.49. The lowest BCUT2D eigenvalue weighted by Crippen LogP contribution is -2.10. The standard InChI is InChI=1S/C12H18O3S/c1-12(2,3)9-10-6-5-7-11(8-10)15-16(4,13)14/h5-8H,9H2,1-4H3. The van der Waals surface area contributed by atoms with Gasteiger partial charge in [-0.15, -0.1) is 0 Å². The predicted molar refractivity (Wildman–Crippen MR) is 65.1 cm³/mol. The molecule has 1 aromatic rings. The van der Waals surface area contributed by atoms with Crippen LogP contribution in [0.15, 0.2) is 24.3 Å². The summed E-state index contributed by atoms with van der Waals surface area (Å²) < 4.78 is 26.8. The Labute approximate surface area is 97.6 Å². The minimum atomic E-state index is -3.44. The van der Waals surface area contributed by atoms with E-state index in [0.29, 0.717) is 5.75 Å². The predicted octanol–water partition coefficient (Wildman–Crippen LogP) is 2.61. The van der Waals surface area contributed by atoms with E-state index in [-0.39, 0.29) is 5.41 Å². The summed E-state index contributed by atoms with van der Waals surface area (Å²) in [6, 6.07) is 7.20. The van der Waals surface area contributed by atoms with Gasteiger partial charge in [-0.2, -0.15) is 8.42 Å². The Balaban J connectivity index is 2.88. The zero-order valence-corrected chi connectivity index (χ0v) is 11.0. The van der Waals surface area contributed by atoms with Crippen molar-refractivity contribution in [2.75, 3.05) is 6.26 Å². The van der Waals surface area contributed by atoms with Gasteiger partial charge in [0.15, 0.2) is 0 Å². The largest absolute Gasteiger partial charge is 0.383 e. The fourth-order valence-corrected chi connectivity index (χ4v) is 1.95. The molecule has 1 aromatic carbocycles. The van der Waals surface area contributed by atoms with Crippen molar-refractivity contribution in [3.05, 3.63) is 29.8 Å². The topological polar surface area (TPSA) is 43.4 Å². The van der Waals surface area contributed by atoms with Gasteiger partial charge in [0.1, 0.15) is 5.75 Å². The van der Waals surface area contributed by atoms with Crippen LogP contribution in [0.5, 0.6) is 5.75 Å². The summed E-state index contributed by atoms with van der Waals surface area (Å²) >= 11 is 0. The first-order valence-corrected chi connectivity index (χ1v) is 6.96. The van der Waals surface area contributed by atoms with Crippen molar-refractivity contribution < 1.29 is 12.6 Å². The van der Waals surface area contributed by atoms with Gasteiger partial charge in [0.05, 0.1) is 6.26 Å². The molecule has 0 spiro atoms. The van der Waals surface area contributed by atoms with Gasteiger partial charge >= 0.3 is 10.1 Å². The van der Waals surface area contributed by atoms with Crippen LogP contribution < -0.4 is 4.18 Å². The van der Waals surface area contributed by atoms with Gasteiger partial charge in [0.2, 0.25) is 0 Å². The molecule has 16 heavy (non-hydrogen) atoms. The van der Waals surface area contributed by atoms with Crippen LogP contribution in [0.3, 0.4) is 0 Å². The maximum atomic E-state index is 11.0. The summed E-state index contributed by atoms with van der Waals surface area (Å²) in [6.07, 6.45) is 1.93. The second-order valence-corrected chi connectivity index (χ2v) is 6.75. The highest BCUT2D eigenvalue weighted by Crippen LogP contribution is 2.23. The lowest BCUT2D eigenvalue weighted by Gasteiger charge is -2.18. The zero-order valence-electron chi connectivity index (χ0n) is 10.1. The molecule has 0 aliphatic carbocycles. The van der Waals surface area contributed by atoms with E-state index in [4.69, 9.17) is 4.18 Å². The molecule has 1 rings (SSSR count). The maximum absolute atomic E-state index is 11.0. The first-order valence-electron chi connectivity index (χ1n) is 5.14. The highest BCUT2D eigenvalue weighted by molar-refractivity contribution is 7.86. The van der Waals surface area contributed by atoms with Crippen molar-refractivity contribution in [3.8, 4) is 5.75 Å². The average Bonchev–Trinajstić information content (AvgIpc) is 1.96. The van der Waals surface area contributed by atoms with E-state index in [0.717, 1.165) is 18.2 Å². The van der Waals surface area contributed by atoms with Crippen LogP contribution in [0.25, 0.3) is 0 Å². The van der Waals surface area contributed by atoms with Gasteiger partial charge in [-0.05, 0) is 29.5 Å². The molecule has 4 heteroatoms. The molecule has 0 amide bonds. The highest BCUT2D eigenvalue weighted by atomic mass is 32.2. The van der Waals surface area contributed by atoms with Crippen LogP contribution in [0, 0.1) is 5.41 Å². The summed E-state index contributed by atoms with van der Waals surface area (Å²) in [5.74, 6) is 0.379. The van der Waals surface area contributed by atoms with Crippen LogP contribution in [0.2, 0.25) is 0 Å². The number of hydrogen-bond donors (Lipinski definition) is 0. The lowest BCUT2D eigenvalue weighted by molar-refractivity contribution is 0.410. The molecule has 3 nitrogen and oxygen atoms in total. The SMILES string of the molecule is CC(C)(C)Cc1cccc(OS(C)(=O)=O)c1. The number of hydrogen-bond acceptors (Lipinski definition) is 3. The van der Waals surface area contributed by atoms with Crippen LogP contribution >= 0.6 is 0 Å². The molecule has 0 aromatic heterocycles. The molecule has 0 saturated carbocycles. The Morgan fingerprint density at radius 1 is 1.25 bits per heavy atom. The number of benzene rings is 1. The quantitative estimate of drug-likeness (QED) is 0.765. The van der Waals surface area contributed by atoms with Crippen LogP contribution in [0.4, 0.5) is 0 Å². The minimum absolute atomic E-state index is 0.170. The van der Waals surface area contributed by atoms with Crippen LogP contribution in [0.1, 0.15) is 26.3 Å². The molecule has 0 aliphatic heterocycles. The van der Waals surface area contributed by atoms with E-state index >= 15 is 0 Å². The molecular weight excluding hydrogens is 224 g/mol. The van der Waals surface area contributed by atoms with Gasteiger partial charge in [0.25, 0.3) is 0 Å². The van der Waals surface area contributed by atoms with Gasteiger partial charge in [-0.1, -0.05) is 32.9 Å². The molecule has 0 unspecified atom stereocenters. The Bertz CT molecular complexity index is 455.